The zero-order valence-corrected chi connectivity index (χ0v) is 20.6. The molecule has 3 heterocycles. The SMILES string of the molecule is C=C1CCC(N2Cc3cc(OC4CN(Cc5ccc(F)cc5)CCC4NCC)ccc3C2=O)C(=O)N1. The van der Waals surface area contributed by atoms with E-state index in [1.54, 1.807) is 4.90 Å². The minimum atomic E-state index is -0.476. The topological polar surface area (TPSA) is 73.9 Å². The van der Waals surface area contributed by atoms with Gasteiger partial charge in [0.25, 0.3) is 5.91 Å². The number of carbonyl (C=O) groups excluding carboxylic acids is 2. The number of benzene rings is 2. The summed E-state index contributed by atoms with van der Waals surface area (Å²) in [5.41, 5.74) is 3.29. The van der Waals surface area contributed by atoms with Crippen LogP contribution in [0.2, 0.25) is 0 Å². The predicted molar refractivity (Wildman–Crippen MR) is 135 cm³/mol. The van der Waals surface area contributed by atoms with Gasteiger partial charge < -0.3 is 20.3 Å². The summed E-state index contributed by atoms with van der Waals surface area (Å²) in [6.45, 7) is 9.58. The van der Waals surface area contributed by atoms with E-state index in [-0.39, 0.29) is 29.8 Å². The molecule has 0 saturated carbocycles. The van der Waals surface area contributed by atoms with E-state index in [4.69, 9.17) is 4.74 Å². The number of amides is 2. The van der Waals surface area contributed by atoms with E-state index in [2.05, 4.69) is 29.0 Å². The Morgan fingerprint density at radius 1 is 1.17 bits per heavy atom. The van der Waals surface area contributed by atoms with E-state index >= 15 is 0 Å². The van der Waals surface area contributed by atoms with Crippen molar-refractivity contribution in [2.45, 2.75) is 57.5 Å². The van der Waals surface area contributed by atoms with Crippen LogP contribution in [-0.4, -0.2) is 59.4 Å². The largest absolute Gasteiger partial charge is 0.487 e. The number of allylic oxidation sites excluding steroid dienone is 1. The van der Waals surface area contributed by atoms with E-state index in [9.17, 15) is 14.0 Å². The summed E-state index contributed by atoms with van der Waals surface area (Å²) in [6.07, 6.45) is 2.14. The van der Waals surface area contributed by atoms with E-state index in [0.29, 0.717) is 30.6 Å². The van der Waals surface area contributed by atoms with E-state index in [0.717, 1.165) is 49.5 Å². The number of nitrogens with zero attached hydrogens (tertiary/aromatic N) is 2. The highest BCUT2D eigenvalue weighted by Crippen LogP contribution is 2.31. The van der Waals surface area contributed by atoms with Gasteiger partial charge >= 0.3 is 0 Å². The molecule has 2 saturated heterocycles. The molecule has 3 unspecified atom stereocenters. The first-order valence-electron chi connectivity index (χ1n) is 12.7. The summed E-state index contributed by atoms with van der Waals surface area (Å²) >= 11 is 0. The van der Waals surface area contributed by atoms with Crippen molar-refractivity contribution in [2.75, 3.05) is 19.6 Å². The minimum Gasteiger partial charge on any atom is -0.487 e. The molecule has 0 radical (unpaired) electrons. The number of hydrogen-bond acceptors (Lipinski definition) is 5. The van der Waals surface area contributed by atoms with Gasteiger partial charge in [-0.3, -0.25) is 14.5 Å². The quantitative estimate of drug-likeness (QED) is 0.621. The Kier molecular flexibility index (Phi) is 7.07. The maximum Gasteiger partial charge on any atom is 0.255 e. The maximum absolute atomic E-state index is 13.3. The number of halogens is 1. The fraction of sp³-hybridized carbons (Fsp3) is 0.429. The van der Waals surface area contributed by atoms with Gasteiger partial charge in [0.2, 0.25) is 5.91 Å². The molecule has 5 rings (SSSR count). The second-order valence-corrected chi connectivity index (χ2v) is 9.87. The van der Waals surface area contributed by atoms with Crippen molar-refractivity contribution in [3.8, 4) is 5.75 Å². The number of likely N-dealkylation sites (N-methyl/N-ethyl adjacent to an activating group) is 1. The van der Waals surface area contributed by atoms with Gasteiger partial charge in [0.15, 0.2) is 0 Å². The molecule has 3 aliphatic heterocycles. The minimum absolute atomic E-state index is 0.0689. The van der Waals surface area contributed by atoms with Gasteiger partial charge in [-0.05, 0) is 67.3 Å². The van der Waals surface area contributed by atoms with Crippen molar-refractivity contribution < 1.29 is 18.7 Å². The molecular formula is C28H33FN4O3. The lowest BCUT2D eigenvalue weighted by Gasteiger charge is -2.39. The lowest BCUT2D eigenvalue weighted by molar-refractivity contribution is -0.126. The molecule has 0 aliphatic carbocycles. The average Bonchev–Trinajstić information content (AvgIpc) is 3.17. The number of rotatable bonds is 7. The van der Waals surface area contributed by atoms with E-state index in [1.165, 1.54) is 12.1 Å². The summed E-state index contributed by atoms with van der Waals surface area (Å²) in [6, 6.07) is 12.0. The molecule has 2 N–H and O–H groups in total. The summed E-state index contributed by atoms with van der Waals surface area (Å²) in [5.74, 6) is 0.217. The molecule has 2 aromatic rings. The van der Waals surface area contributed by atoms with Crippen LogP contribution in [0.25, 0.3) is 0 Å². The highest BCUT2D eigenvalue weighted by Gasteiger charge is 2.38. The van der Waals surface area contributed by atoms with Crippen LogP contribution >= 0.6 is 0 Å². The molecule has 7 nitrogen and oxygen atoms in total. The molecule has 0 bridgehead atoms. The Hall–Kier alpha value is -3.23. The van der Waals surface area contributed by atoms with Crippen molar-refractivity contribution in [3.05, 3.63) is 77.2 Å². The standard InChI is InChI=1S/C28H33FN4O3/c1-3-30-24-12-13-32(15-19-5-7-21(29)8-6-19)17-26(24)36-22-9-10-23-20(14-22)16-33(28(23)35)25-11-4-18(2)31-27(25)34/h5-10,14,24-26,30H,2-4,11-13,15-17H2,1H3,(H,31,34). The van der Waals surface area contributed by atoms with Crippen LogP contribution < -0.4 is 15.4 Å². The zero-order chi connectivity index (χ0) is 25.2. The average molecular weight is 493 g/mol. The first-order chi connectivity index (χ1) is 17.4. The van der Waals surface area contributed by atoms with Crippen molar-refractivity contribution in [1.29, 1.82) is 0 Å². The normalized spacial score (nSPS) is 24.6. The number of ether oxygens (including phenoxy) is 1. The van der Waals surface area contributed by atoms with Crippen LogP contribution in [-0.2, 0) is 17.9 Å². The third-order valence-electron chi connectivity index (χ3n) is 7.32. The van der Waals surface area contributed by atoms with E-state index in [1.807, 2.05) is 30.3 Å². The van der Waals surface area contributed by atoms with Crippen LogP contribution in [0.1, 0.15) is 47.7 Å². The van der Waals surface area contributed by atoms with Crippen molar-refractivity contribution in [1.82, 2.24) is 20.4 Å². The van der Waals surface area contributed by atoms with Gasteiger partial charge in [-0.15, -0.1) is 0 Å². The molecule has 3 aliphatic rings. The molecule has 2 fully saturated rings. The Morgan fingerprint density at radius 2 is 1.97 bits per heavy atom. The fourth-order valence-corrected chi connectivity index (χ4v) is 5.47. The van der Waals surface area contributed by atoms with E-state index < -0.39 is 6.04 Å². The van der Waals surface area contributed by atoms with Gasteiger partial charge in [-0.25, -0.2) is 4.39 Å². The maximum atomic E-state index is 13.3. The van der Waals surface area contributed by atoms with Crippen LogP contribution in [0.3, 0.4) is 0 Å². The van der Waals surface area contributed by atoms with Crippen LogP contribution in [0.5, 0.6) is 5.75 Å². The molecule has 0 aromatic heterocycles. The van der Waals surface area contributed by atoms with Gasteiger partial charge in [0, 0.05) is 43.5 Å². The van der Waals surface area contributed by atoms with Gasteiger partial charge in [-0.2, -0.15) is 0 Å². The third kappa shape index (κ3) is 5.15. The van der Waals surface area contributed by atoms with Crippen molar-refractivity contribution in [3.63, 3.8) is 0 Å². The lowest BCUT2D eigenvalue weighted by Crippen LogP contribution is -2.54. The Morgan fingerprint density at radius 3 is 2.72 bits per heavy atom. The first-order valence-corrected chi connectivity index (χ1v) is 12.7. The summed E-state index contributed by atoms with van der Waals surface area (Å²) in [4.78, 5) is 29.5. The van der Waals surface area contributed by atoms with Gasteiger partial charge in [0.05, 0.1) is 0 Å². The Balaban J connectivity index is 1.28. The number of carbonyl (C=O) groups is 2. The Bertz CT molecular complexity index is 1150. The highest BCUT2D eigenvalue weighted by molar-refractivity contribution is 6.01. The lowest BCUT2D eigenvalue weighted by atomic mass is 10.0. The highest BCUT2D eigenvalue weighted by atomic mass is 19.1. The smallest absolute Gasteiger partial charge is 0.255 e. The molecule has 190 valence electrons. The second-order valence-electron chi connectivity index (χ2n) is 9.87. The number of likely N-dealkylation sites (tertiary alicyclic amines) is 1. The van der Waals surface area contributed by atoms with Gasteiger partial charge in [0.1, 0.15) is 23.7 Å². The summed E-state index contributed by atoms with van der Waals surface area (Å²) < 4.78 is 19.8. The number of fused-ring (bicyclic) bond motifs is 1. The fourth-order valence-electron chi connectivity index (χ4n) is 5.47. The Labute approximate surface area is 211 Å². The van der Waals surface area contributed by atoms with Crippen molar-refractivity contribution >= 4 is 11.8 Å². The van der Waals surface area contributed by atoms with Crippen LogP contribution in [0, 0.1) is 5.82 Å². The molecule has 36 heavy (non-hydrogen) atoms. The van der Waals surface area contributed by atoms with Crippen LogP contribution in [0.4, 0.5) is 4.39 Å². The first kappa shape index (κ1) is 24.5. The summed E-state index contributed by atoms with van der Waals surface area (Å²) in [5, 5.41) is 6.33. The second kappa shape index (κ2) is 10.4. The predicted octanol–water partition coefficient (Wildman–Crippen LogP) is 3.21. The molecule has 2 aromatic carbocycles. The van der Waals surface area contributed by atoms with Crippen LogP contribution in [0.15, 0.2) is 54.7 Å². The molecule has 8 heteroatoms. The summed E-state index contributed by atoms with van der Waals surface area (Å²) in [7, 11) is 0. The third-order valence-corrected chi connectivity index (χ3v) is 7.32. The molecule has 0 spiro atoms. The molecule has 3 atom stereocenters. The molecule has 2 amide bonds. The van der Waals surface area contributed by atoms with Gasteiger partial charge in [-0.1, -0.05) is 25.6 Å². The number of nitrogens with one attached hydrogen (secondary N) is 2. The number of hydrogen-bond donors (Lipinski definition) is 2. The van der Waals surface area contributed by atoms with Crippen molar-refractivity contribution in [2.24, 2.45) is 0 Å². The zero-order valence-electron chi connectivity index (χ0n) is 20.6. The number of piperidine rings is 2. The molecular weight excluding hydrogens is 459 g/mol. The monoisotopic (exact) mass is 492 g/mol.